The van der Waals surface area contributed by atoms with Gasteiger partial charge in [0.2, 0.25) is 0 Å². The van der Waals surface area contributed by atoms with E-state index in [1.807, 2.05) is 35.9 Å². The molecule has 35 heavy (non-hydrogen) atoms. The van der Waals surface area contributed by atoms with Crippen molar-refractivity contribution in [2.24, 2.45) is 5.92 Å². The Hall–Kier alpha value is -2.51. The van der Waals surface area contributed by atoms with Gasteiger partial charge in [-0.2, -0.15) is 10.2 Å². The van der Waals surface area contributed by atoms with Crippen LogP contribution in [0.15, 0.2) is 24.3 Å². The minimum Gasteiger partial charge on any atom is -0.353 e. The molecule has 7 nitrogen and oxygen atoms in total. The van der Waals surface area contributed by atoms with Crippen LogP contribution in [-0.4, -0.2) is 63.4 Å². The van der Waals surface area contributed by atoms with E-state index in [0.717, 1.165) is 85.7 Å². The van der Waals surface area contributed by atoms with Gasteiger partial charge in [-0.05, 0) is 83.4 Å². The molecule has 3 heterocycles. The molecule has 0 amide bonds. The predicted octanol–water partition coefficient (Wildman–Crippen LogP) is 5.38. The molecule has 1 aliphatic rings. The monoisotopic (exact) mass is 496 g/mol. The number of hydrogen-bond donors (Lipinski definition) is 0. The Labute approximate surface area is 213 Å². The molecule has 2 aromatic heterocycles. The van der Waals surface area contributed by atoms with Gasteiger partial charge in [-0.3, -0.25) is 4.79 Å². The normalized spacial score (nSPS) is 16.4. The lowest BCUT2D eigenvalue weighted by atomic mass is 9.91. The molecule has 1 atom stereocenters. The van der Waals surface area contributed by atoms with Gasteiger partial charge in [-0.25, -0.2) is 4.68 Å². The van der Waals surface area contributed by atoms with Gasteiger partial charge in [-0.1, -0.05) is 25.4 Å². The minimum atomic E-state index is 0.0507. The van der Waals surface area contributed by atoms with Crippen LogP contribution in [-0.2, 0) is 4.79 Å². The summed E-state index contributed by atoms with van der Waals surface area (Å²) in [5, 5.41) is 15.7. The maximum Gasteiger partial charge on any atom is 0.179 e. The molecule has 188 valence electrons. The lowest BCUT2D eigenvalue weighted by molar-refractivity contribution is -0.123. The molecule has 0 saturated carbocycles. The van der Waals surface area contributed by atoms with E-state index in [0.29, 0.717) is 23.8 Å². The predicted molar refractivity (Wildman–Crippen MR) is 143 cm³/mol. The molecule has 0 spiro atoms. The van der Waals surface area contributed by atoms with Crippen LogP contribution in [0.4, 0.5) is 5.82 Å². The number of nitrogens with zero attached hydrogens (tertiary/aromatic N) is 6. The van der Waals surface area contributed by atoms with Crippen molar-refractivity contribution in [3.63, 3.8) is 0 Å². The Balaban J connectivity index is 1.51. The second-order valence-electron chi connectivity index (χ2n) is 9.54. The van der Waals surface area contributed by atoms with E-state index in [1.54, 1.807) is 0 Å². The third-order valence-corrected chi connectivity index (χ3v) is 7.53. The molecule has 0 radical (unpaired) electrons. The summed E-state index contributed by atoms with van der Waals surface area (Å²) in [6.07, 6.45) is 4.63. The summed E-state index contributed by atoms with van der Waals surface area (Å²) in [6.45, 7) is 13.2. The second-order valence-corrected chi connectivity index (χ2v) is 9.98. The quantitative estimate of drug-likeness (QED) is 0.351. The molecule has 1 fully saturated rings. The number of aryl methyl sites for hydroxylation is 2. The smallest absolute Gasteiger partial charge is 0.179 e. The van der Waals surface area contributed by atoms with Crippen molar-refractivity contribution in [2.75, 3.05) is 37.6 Å². The number of unbranched alkanes of at least 4 members (excludes halogenated alkanes) is 1. The zero-order chi connectivity index (χ0) is 24.9. The van der Waals surface area contributed by atoms with Crippen molar-refractivity contribution >= 4 is 34.1 Å². The Morgan fingerprint density at radius 2 is 1.86 bits per heavy atom. The van der Waals surface area contributed by atoms with Gasteiger partial charge in [-0.15, -0.1) is 5.10 Å². The van der Waals surface area contributed by atoms with E-state index in [-0.39, 0.29) is 5.92 Å². The highest BCUT2D eigenvalue weighted by Gasteiger charge is 2.29. The molecule has 3 aromatic rings. The van der Waals surface area contributed by atoms with Crippen LogP contribution in [0.25, 0.3) is 16.6 Å². The first-order valence-corrected chi connectivity index (χ1v) is 13.3. The van der Waals surface area contributed by atoms with Crippen LogP contribution >= 0.6 is 11.6 Å². The first kappa shape index (κ1) is 25.6. The number of hydrogen-bond acceptors (Lipinski definition) is 6. The first-order chi connectivity index (χ1) is 16.9. The summed E-state index contributed by atoms with van der Waals surface area (Å²) in [5.41, 5.74) is 3.68. The SMILES string of the molecule is CCN(CC)CCCCC(=O)C1CCCN(c2nnc(C)c3c(C)n(-c4ccc(Cl)cc4)nc23)C1. The zero-order valence-corrected chi connectivity index (χ0v) is 22.2. The largest absolute Gasteiger partial charge is 0.353 e. The number of ketones is 1. The van der Waals surface area contributed by atoms with Gasteiger partial charge < -0.3 is 9.80 Å². The van der Waals surface area contributed by atoms with Crippen molar-refractivity contribution in [1.29, 1.82) is 0 Å². The van der Waals surface area contributed by atoms with Crippen molar-refractivity contribution < 1.29 is 4.79 Å². The minimum absolute atomic E-state index is 0.0507. The number of halogens is 1. The highest BCUT2D eigenvalue weighted by Crippen LogP contribution is 2.32. The van der Waals surface area contributed by atoms with Crippen LogP contribution < -0.4 is 4.90 Å². The van der Waals surface area contributed by atoms with Crippen molar-refractivity contribution in [3.8, 4) is 5.69 Å². The van der Waals surface area contributed by atoms with Crippen LogP contribution in [0.1, 0.15) is 57.3 Å². The van der Waals surface area contributed by atoms with Gasteiger partial charge in [0, 0.05) is 30.5 Å². The standard InChI is InChI=1S/C27H37ClN6O/c1-5-32(6-2)16-8-7-11-24(35)21-10-9-17-33(18-21)27-26-25(19(3)29-30-27)20(4)34(31-26)23-14-12-22(28)13-15-23/h12-15,21H,5-11,16-18H2,1-4H3. The highest BCUT2D eigenvalue weighted by molar-refractivity contribution is 6.30. The molecular formula is C27H37ClN6O. The average Bonchev–Trinajstić information content (AvgIpc) is 3.22. The van der Waals surface area contributed by atoms with Gasteiger partial charge >= 0.3 is 0 Å². The molecule has 8 heteroatoms. The molecule has 0 bridgehead atoms. The lowest BCUT2D eigenvalue weighted by Gasteiger charge is -2.32. The number of benzene rings is 1. The molecule has 1 aromatic carbocycles. The first-order valence-electron chi connectivity index (χ1n) is 12.9. The number of anilines is 1. The van der Waals surface area contributed by atoms with Crippen LogP contribution in [0.2, 0.25) is 5.02 Å². The van der Waals surface area contributed by atoms with Gasteiger partial charge in [0.25, 0.3) is 0 Å². The van der Waals surface area contributed by atoms with Gasteiger partial charge in [0.1, 0.15) is 11.3 Å². The fraction of sp³-hybridized carbons (Fsp3) is 0.556. The number of fused-ring (bicyclic) bond motifs is 1. The topological polar surface area (TPSA) is 67.2 Å². The lowest BCUT2D eigenvalue weighted by Crippen LogP contribution is -2.39. The summed E-state index contributed by atoms with van der Waals surface area (Å²) in [4.78, 5) is 17.7. The summed E-state index contributed by atoms with van der Waals surface area (Å²) >= 11 is 6.09. The molecule has 0 aliphatic carbocycles. The van der Waals surface area contributed by atoms with Crippen molar-refractivity contribution in [2.45, 2.75) is 59.8 Å². The van der Waals surface area contributed by atoms with Gasteiger partial charge in [0.05, 0.1) is 22.5 Å². The van der Waals surface area contributed by atoms with E-state index in [2.05, 4.69) is 40.8 Å². The number of carbonyl (C=O) groups excluding carboxylic acids is 1. The van der Waals surface area contributed by atoms with Crippen molar-refractivity contribution in [1.82, 2.24) is 24.9 Å². The third-order valence-electron chi connectivity index (χ3n) is 7.27. The number of piperidine rings is 1. The Kier molecular flexibility index (Phi) is 8.39. The van der Waals surface area contributed by atoms with E-state index in [9.17, 15) is 4.79 Å². The fourth-order valence-corrected chi connectivity index (χ4v) is 5.30. The number of rotatable bonds is 10. The summed E-state index contributed by atoms with van der Waals surface area (Å²) in [7, 11) is 0. The summed E-state index contributed by atoms with van der Waals surface area (Å²) in [5.74, 6) is 1.21. The Morgan fingerprint density at radius 3 is 2.57 bits per heavy atom. The summed E-state index contributed by atoms with van der Waals surface area (Å²) in [6, 6.07) is 7.67. The third kappa shape index (κ3) is 5.67. The number of aromatic nitrogens is 4. The van der Waals surface area contributed by atoms with E-state index >= 15 is 0 Å². The molecular weight excluding hydrogens is 460 g/mol. The molecule has 1 saturated heterocycles. The number of Topliss-reactive ketones (excluding diaryl/α,β-unsaturated/α-hetero) is 1. The van der Waals surface area contributed by atoms with Crippen LogP contribution in [0.5, 0.6) is 0 Å². The summed E-state index contributed by atoms with van der Waals surface area (Å²) < 4.78 is 1.93. The number of carbonyl (C=O) groups is 1. The maximum absolute atomic E-state index is 13.0. The molecule has 0 N–H and O–H groups in total. The second kappa shape index (κ2) is 11.5. The maximum atomic E-state index is 13.0. The molecule has 1 unspecified atom stereocenters. The van der Waals surface area contributed by atoms with E-state index < -0.39 is 0 Å². The van der Waals surface area contributed by atoms with E-state index in [4.69, 9.17) is 16.7 Å². The average molecular weight is 497 g/mol. The fourth-order valence-electron chi connectivity index (χ4n) is 5.17. The Bertz CT molecular complexity index is 1150. The zero-order valence-electron chi connectivity index (χ0n) is 21.4. The highest BCUT2D eigenvalue weighted by atomic mass is 35.5. The van der Waals surface area contributed by atoms with Crippen molar-refractivity contribution in [3.05, 3.63) is 40.7 Å². The molecule has 4 rings (SSSR count). The van der Waals surface area contributed by atoms with E-state index in [1.165, 1.54) is 0 Å². The Morgan fingerprint density at radius 1 is 1.11 bits per heavy atom. The van der Waals surface area contributed by atoms with Crippen LogP contribution in [0.3, 0.4) is 0 Å². The molecule has 1 aliphatic heterocycles. The van der Waals surface area contributed by atoms with Gasteiger partial charge in [0.15, 0.2) is 5.82 Å². The van der Waals surface area contributed by atoms with Crippen LogP contribution in [0, 0.1) is 19.8 Å².